The van der Waals surface area contributed by atoms with Crippen LogP contribution in [0.4, 0.5) is 0 Å². The molecule has 3 aromatic rings. The highest BCUT2D eigenvalue weighted by atomic mass is 16.3. The number of pyridine rings is 1. The van der Waals surface area contributed by atoms with Crippen LogP contribution in [0.1, 0.15) is 29.5 Å². The van der Waals surface area contributed by atoms with Crippen molar-refractivity contribution in [2.45, 2.75) is 25.8 Å². The van der Waals surface area contributed by atoms with E-state index >= 15 is 0 Å². The van der Waals surface area contributed by atoms with Gasteiger partial charge in [0.1, 0.15) is 11.3 Å². The molecule has 1 atom stereocenters. The summed E-state index contributed by atoms with van der Waals surface area (Å²) in [6.07, 6.45) is 3.50. The Balaban J connectivity index is 1.75. The van der Waals surface area contributed by atoms with E-state index in [1.165, 1.54) is 0 Å². The summed E-state index contributed by atoms with van der Waals surface area (Å²) < 4.78 is 5.90. The lowest BCUT2D eigenvalue weighted by Gasteiger charge is -2.07. The van der Waals surface area contributed by atoms with E-state index < -0.39 is 0 Å². The Morgan fingerprint density at radius 2 is 2.10 bits per heavy atom. The summed E-state index contributed by atoms with van der Waals surface area (Å²) in [5.41, 5.74) is 9.38. The molecule has 0 aliphatic heterocycles. The zero-order chi connectivity index (χ0) is 13.9. The van der Waals surface area contributed by atoms with E-state index in [0.717, 1.165) is 40.8 Å². The van der Waals surface area contributed by atoms with Crippen LogP contribution in [-0.2, 0) is 6.42 Å². The van der Waals surface area contributed by atoms with E-state index in [2.05, 4.69) is 24.0 Å². The molecule has 0 saturated carbocycles. The molecular weight excluding hydrogens is 248 g/mol. The van der Waals surface area contributed by atoms with Crippen molar-refractivity contribution in [1.82, 2.24) is 4.98 Å². The molecule has 102 valence electrons. The first-order valence-electron chi connectivity index (χ1n) is 6.88. The van der Waals surface area contributed by atoms with Gasteiger partial charge in [-0.25, -0.2) is 0 Å². The van der Waals surface area contributed by atoms with Crippen molar-refractivity contribution in [3.8, 4) is 0 Å². The highest BCUT2D eigenvalue weighted by Crippen LogP contribution is 2.27. The van der Waals surface area contributed by atoms with Gasteiger partial charge in [-0.05, 0) is 43.5 Å². The van der Waals surface area contributed by atoms with Crippen LogP contribution in [0.25, 0.3) is 11.0 Å². The lowest BCUT2D eigenvalue weighted by Crippen LogP contribution is -2.10. The summed E-state index contributed by atoms with van der Waals surface area (Å²) in [6, 6.07) is 14.0. The molecule has 0 saturated heterocycles. The highest BCUT2D eigenvalue weighted by molar-refractivity contribution is 5.80. The van der Waals surface area contributed by atoms with Crippen LogP contribution in [0.2, 0.25) is 0 Å². The molecule has 0 radical (unpaired) electrons. The lowest BCUT2D eigenvalue weighted by atomic mass is 10.1. The van der Waals surface area contributed by atoms with Gasteiger partial charge < -0.3 is 10.2 Å². The second kappa shape index (κ2) is 5.47. The first-order chi connectivity index (χ1) is 9.74. The number of nitrogens with zero attached hydrogens (tertiary/aromatic N) is 1. The molecule has 0 amide bonds. The SMILES string of the molecule is Cc1cccc2cc(C(N)CCc3ccccn3)oc12. The third-order valence-corrected chi connectivity index (χ3v) is 3.56. The van der Waals surface area contributed by atoms with Gasteiger partial charge in [-0.2, -0.15) is 0 Å². The van der Waals surface area contributed by atoms with Crippen molar-refractivity contribution >= 4 is 11.0 Å². The van der Waals surface area contributed by atoms with Gasteiger partial charge in [-0.3, -0.25) is 4.98 Å². The fourth-order valence-corrected chi connectivity index (χ4v) is 2.40. The molecule has 2 N–H and O–H groups in total. The van der Waals surface area contributed by atoms with Crippen LogP contribution in [0.15, 0.2) is 53.1 Å². The molecule has 2 heterocycles. The molecule has 1 unspecified atom stereocenters. The topological polar surface area (TPSA) is 52.0 Å². The Kier molecular flexibility index (Phi) is 3.52. The van der Waals surface area contributed by atoms with Crippen LogP contribution >= 0.6 is 0 Å². The van der Waals surface area contributed by atoms with Crippen molar-refractivity contribution in [1.29, 1.82) is 0 Å². The Labute approximate surface area is 118 Å². The molecule has 20 heavy (non-hydrogen) atoms. The van der Waals surface area contributed by atoms with Crippen LogP contribution < -0.4 is 5.73 Å². The van der Waals surface area contributed by atoms with Crippen LogP contribution in [-0.4, -0.2) is 4.98 Å². The normalized spacial score (nSPS) is 12.7. The van der Waals surface area contributed by atoms with Gasteiger partial charge in [0.25, 0.3) is 0 Å². The van der Waals surface area contributed by atoms with Gasteiger partial charge in [0.15, 0.2) is 0 Å². The summed E-state index contributed by atoms with van der Waals surface area (Å²) in [7, 11) is 0. The molecule has 0 aliphatic carbocycles. The fourth-order valence-electron chi connectivity index (χ4n) is 2.40. The van der Waals surface area contributed by atoms with Crippen molar-refractivity contribution in [2.75, 3.05) is 0 Å². The van der Waals surface area contributed by atoms with Crippen molar-refractivity contribution < 1.29 is 4.42 Å². The van der Waals surface area contributed by atoms with E-state index in [0.29, 0.717) is 0 Å². The number of hydrogen-bond acceptors (Lipinski definition) is 3. The van der Waals surface area contributed by atoms with E-state index in [-0.39, 0.29) is 6.04 Å². The number of para-hydroxylation sites is 1. The molecule has 3 nitrogen and oxygen atoms in total. The number of fused-ring (bicyclic) bond motifs is 1. The molecule has 3 heteroatoms. The summed E-state index contributed by atoms with van der Waals surface area (Å²) in [5, 5.41) is 1.12. The molecule has 0 bridgehead atoms. The average molecular weight is 266 g/mol. The average Bonchev–Trinajstić information content (AvgIpc) is 2.91. The molecule has 3 rings (SSSR count). The standard InChI is InChI=1S/C17H18N2O/c1-12-5-4-6-13-11-16(20-17(12)13)15(18)9-8-14-7-2-3-10-19-14/h2-7,10-11,15H,8-9,18H2,1H3. The summed E-state index contributed by atoms with van der Waals surface area (Å²) in [6.45, 7) is 2.05. The van der Waals surface area contributed by atoms with E-state index in [9.17, 15) is 0 Å². The number of nitrogens with two attached hydrogens (primary N) is 1. The lowest BCUT2D eigenvalue weighted by molar-refractivity contribution is 0.476. The maximum atomic E-state index is 6.24. The summed E-state index contributed by atoms with van der Waals surface area (Å²) >= 11 is 0. The van der Waals surface area contributed by atoms with E-state index in [4.69, 9.17) is 10.2 Å². The van der Waals surface area contributed by atoms with Crippen LogP contribution in [0.3, 0.4) is 0 Å². The monoisotopic (exact) mass is 266 g/mol. The fraction of sp³-hybridized carbons (Fsp3) is 0.235. The quantitative estimate of drug-likeness (QED) is 0.782. The number of benzene rings is 1. The minimum absolute atomic E-state index is 0.0937. The number of aromatic nitrogens is 1. The first kappa shape index (κ1) is 12.9. The van der Waals surface area contributed by atoms with Gasteiger partial charge in [-0.15, -0.1) is 0 Å². The van der Waals surface area contributed by atoms with Crippen molar-refractivity contribution in [3.63, 3.8) is 0 Å². The van der Waals surface area contributed by atoms with E-state index in [1.54, 1.807) is 0 Å². The second-order valence-electron chi connectivity index (χ2n) is 5.11. The first-order valence-corrected chi connectivity index (χ1v) is 6.88. The molecule has 0 fully saturated rings. The number of hydrogen-bond donors (Lipinski definition) is 1. The smallest absolute Gasteiger partial charge is 0.137 e. The zero-order valence-corrected chi connectivity index (χ0v) is 11.5. The van der Waals surface area contributed by atoms with Gasteiger partial charge >= 0.3 is 0 Å². The molecular formula is C17H18N2O. The third-order valence-electron chi connectivity index (χ3n) is 3.56. The maximum absolute atomic E-state index is 6.24. The minimum Gasteiger partial charge on any atom is -0.459 e. The maximum Gasteiger partial charge on any atom is 0.137 e. The Morgan fingerprint density at radius 3 is 2.85 bits per heavy atom. The molecule has 2 aromatic heterocycles. The molecule has 0 spiro atoms. The predicted octanol–water partition coefficient (Wildman–Crippen LogP) is 3.77. The molecule has 0 aliphatic rings. The van der Waals surface area contributed by atoms with Gasteiger partial charge in [-0.1, -0.05) is 24.3 Å². The number of aryl methyl sites for hydroxylation is 2. The van der Waals surface area contributed by atoms with Crippen molar-refractivity contribution in [3.05, 3.63) is 65.7 Å². The second-order valence-corrected chi connectivity index (χ2v) is 5.11. The largest absolute Gasteiger partial charge is 0.459 e. The van der Waals surface area contributed by atoms with Crippen LogP contribution in [0.5, 0.6) is 0 Å². The summed E-state index contributed by atoms with van der Waals surface area (Å²) in [4.78, 5) is 4.32. The summed E-state index contributed by atoms with van der Waals surface area (Å²) in [5.74, 6) is 0.852. The van der Waals surface area contributed by atoms with Gasteiger partial charge in [0, 0.05) is 17.3 Å². The predicted molar refractivity (Wildman–Crippen MR) is 80.4 cm³/mol. The minimum atomic E-state index is -0.0937. The Bertz CT molecular complexity index is 703. The van der Waals surface area contributed by atoms with E-state index in [1.807, 2.05) is 36.5 Å². The Hall–Kier alpha value is -2.13. The Morgan fingerprint density at radius 1 is 1.20 bits per heavy atom. The van der Waals surface area contributed by atoms with Crippen LogP contribution in [0, 0.1) is 6.92 Å². The highest BCUT2D eigenvalue weighted by Gasteiger charge is 2.13. The zero-order valence-electron chi connectivity index (χ0n) is 11.5. The number of rotatable bonds is 4. The van der Waals surface area contributed by atoms with Crippen molar-refractivity contribution in [2.24, 2.45) is 5.73 Å². The van der Waals surface area contributed by atoms with Gasteiger partial charge in [0.2, 0.25) is 0 Å². The third kappa shape index (κ3) is 2.58. The molecule has 1 aromatic carbocycles. The number of furan rings is 1. The van der Waals surface area contributed by atoms with Gasteiger partial charge in [0.05, 0.1) is 6.04 Å².